The largest absolute Gasteiger partial charge is 0.462 e. The molecule has 1 amide bonds. The van der Waals surface area contributed by atoms with Crippen LogP contribution in [0.1, 0.15) is 152 Å². The molecule has 5 saturated carbocycles. The van der Waals surface area contributed by atoms with Crippen LogP contribution in [0.5, 0.6) is 0 Å². The number of carbonyl (C=O) groups is 4. The van der Waals surface area contributed by atoms with Crippen LogP contribution in [0.25, 0.3) is 0 Å². The Bertz CT molecular complexity index is 1970. The lowest BCUT2D eigenvalue weighted by Crippen LogP contribution is -2.67. The van der Waals surface area contributed by atoms with Crippen molar-refractivity contribution >= 4 is 29.6 Å². The van der Waals surface area contributed by atoms with Crippen molar-refractivity contribution in [1.82, 2.24) is 10.2 Å². The molecular weight excluding hydrogens is 777 g/mol. The van der Waals surface area contributed by atoms with Gasteiger partial charge in [0.05, 0.1) is 23.4 Å². The van der Waals surface area contributed by atoms with Crippen molar-refractivity contribution in [3.63, 3.8) is 0 Å². The van der Waals surface area contributed by atoms with Gasteiger partial charge in [-0.3, -0.25) is 19.2 Å². The minimum absolute atomic E-state index is 0.0105. The van der Waals surface area contributed by atoms with Gasteiger partial charge in [0.1, 0.15) is 11.9 Å². The van der Waals surface area contributed by atoms with Crippen LogP contribution >= 0.6 is 0 Å². The third-order valence-electron chi connectivity index (χ3n) is 18.8. The zero-order chi connectivity index (χ0) is 46.0. The van der Waals surface area contributed by atoms with Crippen molar-refractivity contribution < 1.29 is 33.5 Å². The van der Waals surface area contributed by atoms with E-state index in [1.165, 1.54) is 11.1 Å². The van der Waals surface area contributed by atoms with Crippen LogP contribution in [-0.2, 0) is 39.9 Å². The lowest BCUT2D eigenvalue weighted by Gasteiger charge is -2.72. The maximum Gasteiger partial charge on any atom is 0.373 e. The first kappa shape index (κ1) is 48.0. The highest BCUT2D eigenvalue weighted by Gasteiger charge is 2.70. The fraction of sp³-hybridized carbons (Fsp3) is 0.755. The zero-order valence-electron chi connectivity index (χ0n) is 40.4. The van der Waals surface area contributed by atoms with Crippen molar-refractivity contribution in [1.29, 1.82) is 0 Å². The first-order chi connectivity index (χ1) is 28.8. The monoisotopic (exact) mass is 855 g/mol. The summed E-state index contributed by atoms with van der Waals surface area (Å²) < 4.78 is 6.67. The van der Waals surface area contributed by atoms with Gasteiger partial charge in [0, 0.05) is 18.3 Å². The molecule has 0 bridgehead atoms. The molecule has 1 aromatic rings. The molecule has 1 N–H and O–H groups in total. The number of likely N-dealkylation sites (N-methyl/N-ethyl adjacent to an activating group) is 1. The van der Waals surface area contributed by atoms with Gasteiger partial charge in [-0.1, -0.05) is 106 Å². The van der Waals surface area contributed by atoms with E-state index >= 15 is 0 Å². The minimum Gasteiger partial charge on any atom is -0.462 e. The Hall–Kier alpha value is -3.42. The summed E-state index contributed by atoms with van der Waals surface area (Å²) in [6.45, 7) is 25.4. The summed E-state index contributed by atoms with van der Waals surface area (Å²) in [6, 6.07) is 10.7. The van der Waals surface area contributed by atoms with Crippen LogP contribution in [0.2, 0.25) is 0 Å². The Kier molecular flexibility index (Phi) is 13.1. The molecule has 342 valence electrons. The molecule has 9 heteroatoms. The molecule has 0 aromatic heterocycles. The summed E-state index contributed by atoms with van der Waals surface area (Å²) in [5, 5.41) is 3.54. The standard InChI is InChI=1S/C52H78N2O5.CO2/c1-32(2)42-38(56)30-52(53-45(58)46(3,4)29-35(55)31-54(12)13)26-25-50(10)36(43(42)52)19-20-40-49(9)23-22-41(48(7,8)39(49)21-24-51(40,50)11)59-44(57)37-28-34(47(37,5)6)27-33-17-15-14-16-18-33;2-1-3/h14-18,32,34,36-37,39-41H,19-31H2,1-13H3,(H,53,58);/t34-,36-,37-,39+,40-,41+,49+,50-,51-,52-;/m1./s1. The lowest BCUT2D eigenvalue weighted by atomic mass is 9.33. The molecule has 0 spiro atoms. The van der Waals surface area contributed by atoms with Crippen LogP contribution < -0.4 is 5.32 Å². The van der Waals surface area contributed by atoms with Crippen molar-refractivity contribution in [3.8, 4) is 0 Å². The van der Waals surface area contributed by atoms with Gasteiger partial charge in [-0.2, -0.15) is 9.59 Å². The van der Waals surface area contributed by atoms with Crippen LogP contribution in [0.3, 0.4) is 0 Å². The minimum atomic E-state index is -0.882. The van der Waals surface area contributed by atoms with Crippen molar-refractivity contribution in [3.05, 3.63) is 47.0 Å². The maximum atomic E-state index is 14.3. The smallest absolute Gasteiger partial charge is 0.373 e. The molecule has 0 aliphatic heterocycles. The lowest BCUT2D eigenvalue weighted by molar-refractivity contribution is -0.235. The molecule has 0 heterocycles. The molecule has 6 aliphatic rings. The number of nitrogens with zero attached hydrogens (tertiary/aromatic N) is 1. The van der Waals surface area contributed by atoms with E-state index in [1.807, 2.05) is 32.8 Å². The highest BCUT2D eigenvalue weighted by atomic mass is 16.5. The number of nitrogens with one attached hydrogen (secondary N) is 1. The highest BCUT2D eigenvalue weighted by Crippen LogP contribution is 2.76. The number of carbonyl (C=O) groups excluding carboxylic acids is 6. The summed E-state index contributed by atoms with van der Waals surface area (Å²) in [7, 11) is 3.75. The molecule has 0 radical (unpaired) electrons. The van der Waals surface area contributed by atoms with Gasteiger partial charge in [-0.05, 0) is 146 Å². The van der Waals surface area contributed by atoms with Gasteiger partial charge >= 0.3 is 12.1 Å². The van der Waals surface area contributed by atoms with E-state index in [2.05, 4.69) is 98.0 Å². The van der Waals surface area contributed by atoms with E-state index in [-0.39, 0.29) is 86.9 Å². The third kappa shape index (κ3) is 7.92. The number of hydrogen-bond donors (Lipinski definition) is 1. The summed E-state index contributed by atoms with van der Waals surface area (Å²) >= 11 is 0. The van der Waals surface area contributed by atoms with Gasteiger partial charge in [0.2, 0.25) is 5.91 Å². The number of fused-ring (bicyclic) bond motifs is 7. The van der Waals surface area contributed by atoms with Crippen molar-refractivity contribution in [2.75, 3.05) is 20.6 Å². The van der Waals surface area contributed by atoms with Gasteiger partial charge < -0.3 is 15.0 Å². The number of benzene rings is 1. The fourth-order valence-electron chi connectivity index (χ4n) is 15.2. The molecule has 7 rings (SSSR count). The van der Waals surface area contributed by atoms with E-state index in [9.17, 15) is 19.2 Å². The molecule has 0 unspecified atom stereocenters. The summed E-state index contributed by atoms with van der Waals surface area (Å²) in [5.41, 5.74) is 1.85. The Labute approximate surface area is 372 Å². The number of Topliss-reactive ketones (excluding diaryl/α,β-unsaturated/α-hetero) is 2. The second-order valence-corrected chi connectivity index (χ2v) is 23.9. The normalized spacial score (nSPS) is 36.7. The average Bonchev–Trinajstić information content (AvgIpc) is 3.46. The predicted molar refractivity (Wildman–Crippen MR) is 240 cm³/mol. The highest BCUT2D eigenvalue weighted by molar-refractivity contribution is 6.02. The van der Waals surface area contributed by atoms with Gasteiger partial charge in [0.15, 0.2) is 5.78 Å². The van der Waals surface area contributed by atoms with Crippen LogP contribution in [-0.4, -0.2) is 66.8 Å². The summed E-state index contributed by atoms with van der Waals surface area (Å²) in [4.78, 5) is 73.5. The number of ether oxygens (including phenoxy) is 1. The number of hydrogen-bond acceptors (Lipinski definition) is 8. The second kappa shape index (κ2) is 16.9. The molecule has 6 aliphatic carbocycles. The predicted octanol–water partition coefficient (Wildman–Crippen LogP) is 9.62. The molecule has 62 heavy (non-hydrogen) atoms. The fourth-order valence-corrected chi connectivity index (χ4v) is 15.2. The second-order valence-electron chi connectivity index (χ2n) is 23.9. The van der Waals surface area contributed by atoms with Gasteiger partial charge in [-0.15, -0.1) is 0 Å². The quantitative estimate of drug-likeness (QED) is 0.218. The van der Waals surface area contributed by atoms with Gasteiger partial charge in [-0.25, -0.2) is 0 Å². The van der Waals surface area contributed by atoms with E-state index in [1.54, 1.807) is 0 Å². The SMILES string of the molecule is CC(C)C1=C2[C@H]3CC[C@@H]4[C@@]5(C)CC[C@H](OC(=O)[C@H]6C[C@@H](Cc7ccccc7)C6(C)C)C(C)(C)[C@@H]5CC[C@@]4(C)[C@]3(C)CC[C@@]2(NC(=O)C(C)(C)CC(=O)CN(C)C)CC1=O.O=C=O. The van der Waals surface area contributed by atoms with Gasteiger partial charge in [0.25, 0.3) is 0 Å². The Morgan fingerprint density at radius 1 is 0.855 bits per heavy atom. The van der Waals surface area contributed by atoms with Crippen LogP contribution in [0, 0.1) is 68.0 Å². The zero-order valence-corrected chi connectivity index (χ0v) is 40.4. The molecule has 0 saturated heterocycles. The molecular formula is C53H78N2O7. The number of amides is 1. The van der Waals surface area contributed by atoms with E-state index in [4.69, 9.17) is 14.3 Å². The number of allylic oxidation sites excluding steroid dienone is 1. The average molecular weight is 855 g/mol. The Morgan fingerprint density at radius 3 is 2.10 bits per heavy atom. The summed E-state index contributed by atoms with van der Waals surface area (Å²) in [6.07, 6.45) is 10.6. The Morgan fingerprint density at radius 2 is 1.50 bits per heavy atom. The van der Waals surface area contributed by atoms with Crippen molar-refractivity contribution in [2.24, 2.45) is 68.0 Å². The van der Waals surface area contributed by atoms with Crippen LogP contribution in [0.15, 0.2) is 41.5 Å². The topological polar surface area (TPSA) is 127 Å². The molecule has 1 aromatic carbocycles. The first-order valence-electron chi connectivity index (χ1n) is 23.8. The maximum absolute atomic E-state index is 14.3. The third-order valence-corrected chi connectivity index (χ3v) is 18.8. The molecule has 10 atom stereocenters. The molecule has 5 fully saturated rings. The number of ketones is 2. The number of rotatable bonds is 11. The number of esters is 1. The Balaban J connectivity index is 0.00000208. The van der Waals surface area contributed by atoms with E-state index < -0.39 is 11.0 Å². The van der Waals surface area contributed by atoms with E-state index in [0.29, 0.717) is 30.7 Å². The first-order valence-corrected chi connectivity index (χ1v) is 23.8. The molecule has 9 nitrogen and oxygen atoms in total. The summed E-state index contributed by atoms with van der Waals surface area (Å²) in [5.74, 6) is 1.79. The van der Waals surface area contributed by atoms with Crippen LogP contribution in [0.4, 0.5) is 0 Å². The van der Waals surface area contributed by atoms with Crippen molar-refractivity contribution in [2.45, 2.75) is 165 Å². The van der Waals surface area contributed by atoms with E-state index in [0.717, 1.165) is 69.8 Å².